The van der Waals surface area contributed by atoms with Gasteiger partial charge in [-0.2, -0.15) is 0 Å². The van der Waals surface area contributed by atoms with Crippen molar-refractivity contribution in [2.24, 2.45) is 0 Å². The number of aliphatic carboxylic acids is 1. The summed E-state index contributed by atoms with van der Waals surface area (Å²) in [7, 11) is -4.19. The van der Waals surface area contributed by atoms with Crippen LogP contribution in [0.4, 0.5) is 0 Å². The number of imidazole rings is 1. The first-order chi connectivity index (χ1) is 8.38. The van der Waals surface area contributed by atoms with Crippen LogP contribution in [-0.4, -0.2) is 43.4 Å². The van der Waals surface area contributed by atoms with Crippen molar-refractivity contribution in [2.75, 3.05) is 6.54 Å². The molecule has 0 unspecified atom stereocenters. The predicted molar refractivity (Wildman–Crippen MR) is 62.9 cm³/mol. The number of aromatic nitrogens is 2. The highest BCUT2D eigenvalue weighted by Gasteiger charge is 2.17. The summed E-state index contributed by atoms with van der Waals surface area (Å²) in [6.45, 7) is 0.0518. The van der Waals surface area contributed by atoms with E-state index >= 15 is 0 Å². The van der Waals surface area contributed by atoms with Gasteiger partial charge in [-0.3, -0.25) is 9.36 Å². The van der Waals surface area contributed by atoms with Crippen LogP contribution >= 0.6 is 7.60 Å². The van der Waals surface area contributed by atoms with E-state index < -0.39 is 19.6 Å². The second-order valence-electron chi connectivity index (χ2n) is 3.55. The summed E-state index contributed by atoms with van der Waals surface area (Å²) >= 11 is 0. The lowest BCUT2D eigenvalue weighted by Gasteiger charge is -2.11. The fraction of sp³-hybridized carbons (Fsp3) is 0.333. The van der Waals surface area contributed by atoms with E-state index in [1.54, 1.807) is 0 Å². The van der Waals surface area contributed by atoms with Gasteiger partial charge < -0.3 is 25.2 Å². The Morgan fingerprint density at radius 1 is 1.61 bits per heavy atom. The smallest absolute Gasteiger partial charge is 0.348 e. The van der Waals surface area contributed by atoms with Gasteiger partial charge in [0.05, 0.1) is 6.33 Å². The first-order valence-corrected chi connectivity index (χ1v) is 6.73. The van der Waals surface area contributed by atoms with Gasteiger partial charge in [-0.25, -0.2) is 4.98 Å². The molecule has 1 rings (SSSR count). The summed E-state index contributed by atoms with van der Waals surface area (Å²) in [5.74, 6) is -0.316. The Morgan fingerprint density at radius 2 is 2.33 bits per heavy atom. The lowest BCUT2D eigenvalue weighted by molar-refractivity contribution is -0.139. The molecule has 0 bridgehead atoms. The Labute approximate surface area is 103 Å². The zero-order valence-electron chi connectivity index (χ0n) is 9.35. The van der Waals surface area contributed by atoms with Crippen LogP contribution in [0, 0.1) is 0 Å². The van der Waals surface area contributed by atoms with Gasteiger partial charge in [-0.15, -0.1) is 0 Å². The quantitative estimate of drug-likeness (QED) is 0.430. The maximum absolute atomic E-state index is 10.9. The van der Waals surface area contributed by atoms with Gasteiger partial charge in [0, 0.05) is 30.7 Å². The summed E-state index contributed by atoms with van der Waals surface area (Å²) in [4.78, 5) is 34.6. The molecule has 0 aliphatic carbocycles. The monoisotopic (exact) mass is 275 g/mol. The standard InChI is InChI=1S/C9H14N3O5P/c13-9(14)8(4-7-5-10-6-12-7)11-2-1-3-18(15,16)17/h1,3,5-6,8,11H,2,4H2,(H,10,12)(H,13,14)(H2,15,16,17)/t8-/m0/s1. The van der Waals surface area contributed by atoms with Crippen LogP contribution in [-0.2, 0) is 15.8 Å². The van der Waals surface area contributed by atoms with Crippen LogP contribution < -0.4 is 5.32 Å². The van der Waals surface area contributed by atoms with Crippen LogP contribution in [0.15, 0.2) is 24.4 Å². The maximum Gasteiger partial charge on any atom is 0.348 e. The van der Waals surface area contributed by atoms with Crippen molar-refractivity contribution in [1.82, 2.24) is 15.3 Å². The van der Waals surface area contributed by atoms with Crippen molar-refractivity contribution in [1.29, 1.82) is 0 Å². The van der Waals surface area contributed by atoms with E-state index in [0.717, 1.165) is 5.82 Å². The van der Waals surface area contributed by atoms with E-state index in [1.165, 1.54) is 18.6 Å². The summed E-state index contributed by atoms with van der Waals surface area (Å²) in [6.07, 6.45) is 4.37. The molecule has 0 amide bonds. The molecule has 0 fully saturated rings. The number of carbonyl (C=O) groups is 1. The van der Waals surface area contributed by atoms with Gasteiger partial charge in [-0.1, -0.05) is 6.08 Å². The summed E-state index contributed by atoms with van der Waals surface area (Å²) in [5.41, 5.74) is 0.661. The molecule has 1 aromatic heterocycles. The predicted octanol–water partition coefficient (Wildman–Crippen LogP) is -0.314. The maximum atomic E-state index is 10.9. The van der Waals surface area contributed by atoms with Crippen molar-refractivity contribution in [2.45, 2.75) is 12.5 Å². The molecule has 0 aliphatic heterocycles. The number of carboxylic acid groups (broad SMARTS) is 1. The van der Waals surface area contributed by atoms with Crippen LogP contribution in [0.3, 0.4) is 0 Å². The molecule has 18 heavy (non-hydrogen) atoms. The normalized spacial score (nSPS) is 13.9. The Morgan fingerprint density at radius 3 is 2.83 bits per heavy atom. The van der Waals surface area contributed by atoms with Crippen molar-refractivity contribution in [3.63, 3.8) is 0 Å². The molecule has 100 valence electrons. The zero-order valence-corrected chi connectivity index (χ0v) is 10.2. The summed E-state index contributed by atoms with van der Waals surface area (Å²) in [5, 5.41) is 11.6. The molecule has 0 radical (unpaired) electrons. The molecule has 9 heteroatoms. The minimum Gasteiger partial charge on any atom is -0.480 e. The van der Waals surface area contributed by atoms with Crippen LogP contribution in [0.5, 0.6) is 0 Å². The van der Waals surface area contributed by atoms with Gasteiger partial charge in [0.2, 0.25) is 0 Å². The summed E-state index contributed by atoms with van der Waals surface area (Å²) in [6, 6.07) is -0.855. The fourth-order valence-corrected chi connectivity index (χ4v) is 1.64. The van der Waals surface area contributed by atoms with Gasteiger partial charge in [0.1, 0.15) is 6.04 Å². The number of carboxylic acids is 1. The molecular weight excluding hydrogens is 261 g/mol. The van der Waals surface area contributed by atoms with Crippen molar-refractivity contribution in [3.8, 4) is 0 Å². The number of aromatic amines is 1. The van der Waals surface area contributed by atoms with Gasteiger partial charge in [0.15, 0.2) is 0 Å². The number of hydrogen-bond acceptors (Lipinski definition) is 4. The number of rotatable bonds is 7. The fourth-order valence-electron chi connectivity index (χ4n) is 1.26. The third-order valence-electron chi connectivity index (χ3n) is 2.06. The van der Waals surface area contributed by atoms with Crippen molar-refractivity contribution < 1.29 is 24.3 Å². The third kappa shape index (κ3) is 5.74. The van der Waals surface area contributed by atoms with Crippen LogP contribution in [0.2, 0.25) is 0 Å². The lowest BCUT2D eigenvalue weighted by atomic mass is 10.1. The van der Waals surface area contributed by atoms with E-state index in [4.69, 9.17) is 14.9 Å². The van der Waals surface area contributed by atoms with E-state index in [2.05, 4.69) is 15.3 Å². The van der Waals surface area contributed by atoms with Crippen LogP contribution in [0.1, 0.15) is 5.69 Å². The minimum atomic E-state index is -4.19. The molecule has 0 aromatic carbocycles. The molecular formula is C9H14N3O5P. The molecule has 0 aliphatic rings. The second-order valence-corrected chi connectivity index (χ2v) is 5.03. The topological polar surface area (TPSA) is 136 Å². The molecule has 1 atom stereocenters. The molecule has 5 N–H and O–H groups in total. The van der Waals surface area contributed by atoms with Gasteiger partial charge in [0.25, 0.3) is 0 Å². The van der Waals surface area contributed by atoms with Crippen molar-refractivity contribution >= 4 is 13.6 Å². The second kappa shape index (κ2) is 6.46. The van der Waals surface area contributed by atoms with Gasteiger partial charge >= 0.3 is 13.6 Å². The van der Waals surface area contributed by atoms with Crippen molar-refractivity contribution in [3.05, 3.63) is 30.1 Å². The Balaban J connectivity index is 2.47. The molecule has 0 saturated heterocycles. The molecule has 1 aromatic rings. The van der Waals surface area contributed by atoms with Crippen LogP contribution in [0.25, 0.3) is 0 Å². The van der Waals surface area contributed by atoms with E-state index in [0.29, 0.717) is 5.69 Å². The molecule has 0 saturated carbocycles. The SMILES string of the molecule is O=C(O)[C@H](Cc1cnc[nH]1)NCC=CP(=O)(O)O. The summed E-state index contributed by atoms with van der Waals surface area (Å²) < 4.78 is 10.5. The number of hydrogen-bond donors (Lipinski definition) is 5. The Bertz CT molecular complexity index is 453. The molecule has 0 spiro atoms. The number of nitrogens with one attached hydrogen (secondary N) is 2. The number of H-pyrrole nitrogens is 1. The highest BCUT2D eigenvalue weighted by molar-refractivity contribution is 7.55. The average Bonchev–Trinajstić information content (AvgIpc) is 2.73. The average molecular weight is 275 g/mol. The third-order valence-corrected chi connectivity index (χ3v) is 2.66. The van der Waals surface area contributed by atoms with E-state index in [1.807, 2.05) is 0 Å². The van der Waals surface area contributed by atoms with E-state index in [9.17, 15) is 9.36 Å². The lowest BCUT2D eigenvalue weighted by Crippen LogP contribution is -2.38. The zero-order chi connectivity index (χ0) is 13.6. The minimum absolute atomic E-state index is 0.0518. The highest BCUT2D eigenvalue weighted by Crippen LogP contribution is 2.35. The Kier molecular flexibility index (Phi) is 5.24. The first-order valence-electron chi connectivity index (χ1n) is 5.05. The molecule has 1 heterocycles. The largest absolute Gasteiger partial charge is 0.480 e. The number of nitrogens with zero attached hydrogens (tertiary/aromatic N) is 1. The molecule has 8 nitrogen and oxygen atoms in total. The Hall–Kier alpha value is -1.47. The van der Waals surface area contributed by atoms with E-state index in [-0.39, 0.29) is 13.0 Å². The first kappa shape index (κ1) is 14.6. The highest BCUT2D eigenvalue weighted by atomic mass is 31.2. The van der Waals surface area contributed by atoms with Gasteiger partial charge in [-0.05, 0) is 0 Å².